The molecule has 4 heteroatoms. The standard InChI is InChI=1S/C26H25NO3/c1-19-8-10-21(11-9-19)16-27-24(18-29-20(2)28)14-23-15-25(12-13-26(23)27)30-17-22-6-4-3-5-7-22/h3-15H,16-18H2,1-2H3. The lowest BCUT2D eigenvalue weighted by atomic mass is 10.1. The van der Waals surface area contributed by atoms with Gasteiger partial charge in [0.1, 0.15) is 19.0 Å². The molecule has 0 bridgehead atoms. The SMILES string of the molecule is CC(=O)OCc1cc2cc(OCc3ccccc3)ccc2n1Cc1ccc(C)cc1. The zero-order valence-corrected chi connectivity index (χ0v) is 17.3. The third-order valence-electron chi connectivity index (χ3n) is 5.09. The molecule has 0 aliphatic rings. The second kappa shape index (κ2) is 8.87. The van der Waals surface area contributed by atoms with Crippen molar-refractivity contribution in [2.75, 3.05) is 0 Å². The van der Waals surface area contributed by atoms with Gasteiger partial charge in [0.25, 0.3) is 0 Å². The van der Waals surface area contributed by atoms with E-state index < -0.39 is 0 Å². The van der Waals surface area contributed by atoms with Crippen LogP contribution in [-0.2, 0) is 29.3 Å². The second-order valence-electron chi connectivity index (χ2n) is 7.48. The van der Waals surface area contributed by atoms with E-state index >= 15 is 0 Å². The first kappa shape index (κ1) is 19.8. The van der Waals surface area contributed by atoms with E-state index in [0.717, 1.165) is 27.9 Å². The van der Waals surface area contributed by atoms with E-state index in [4.69, 9.17) is 9.47 Å². The zero-order chi connectivity index (χ0) is 20.9. The van der Waals surface area contributed by atoms with Gasteiger partial charge in [0.05, 0.1) is 5.69 Å². The first-order valence-electron chi connectivity index (χ1n) is 10.1. The number of fused-ring (bicyclic) bond motifs is 1. The van der Waals surface area contributed by atoms with Crippen molar-refractivity contribution in [2.45, 2.75) is 33.6 Å². The predicted molar refractivity (Wildman–Crippen MR) is 118 cm³/mol. The van der Waals surface area contributed by atoms with Gasteiger partial charge >= 0.3 is 5.97 Å². The van der Waals surface area contributed by atoms with E-state index in [-0.39, 0.29) is 12.6 Å². The first-order valence-corrected chi connectivity index (χ1v) is 10.1. The molecule has 4 rings (SSSR count). The molecule has 4 nitrogen and oxygen atoms in total. The van der Waals surface area contributed by atoms with Crippen LogP contribution in [-0.4, -0.2) is 10.5 Å². The van der Waals surface area contributed by atoms with E-state index in [1.54, 1.807) is 0 Å². The van der Waals surface area contributed by atoms with Crippen molar-refractivity contribution in [3.8, 4) is 5.75 Å². The van der Waals surface area contributed by atoms with Crippen molar-refractivity contribution < 1.29 is 14.3 Å². The molecule has 0 atom stereocenters. The normalized spacial score (nSPS) is 10.9. The summed E-state index contributed by atoms with van der Waals surface area (Å²) in [6.07, 6.45) is 0. The van der Waals surface area contributed by atoms with Crippen LogP contribution < -0.4 is 4.74 Å². The Morgan fingerprint density at radius 3 is 2.37 bits per heavy atom. The fourth-order valence-electron chi connectivity index (χ4n) is 3.49. The molecule has 1 aromatic heterocycles. The Bertz CT molecular complexity index is 1140. The maximum atomic E-state index is 11.4. The molecule has 1 heterocycles. The number of rotatable bonds is 7. The van der Waals surface area contributed by atoms with Crippen LogP contribution in [0.3, 0.4) is 0 Å². The molecular formula is C26H25NO3. The molecule has 0 radical (unpaired) electrons. The average molecular weight is 399 g/mol. The Kier molecular flexibility index (Phi) is 5.84. The summed E-state index contributed by atoms with van der Waals surface area (Å²) in [5, 5.41) is 1.06. The van der Waals surface area contributed by atoms with Crippen LogP contribution in [0, 0.1) is 6.92 Å². The predicted octanol–water partition coefficient (Wildman–Crippen LogP) is 5.64. The van der Waals surface area contributed by atoms with Crippen LogP contribution in [0.1, 0.15) is 29.3 Å². The topological polar surface area (TPSA) is 40.5 Å². The van der Waals surface area contributed by atoms with E-state index in [9.17, 15) is 4.79 Å². The van der Waals surface area contributed by atoms with Gasteiger partial charge < -0.3 is 14.0 Å². The number of aromatic nitrogens is 1. The third kappa shape index (κ3) is 4.71. The molecule has 0 saturated carbocycles. The lowest BCUT2D eigenvalue weighted by molar-refractivity contribution is -0.142. The van der Waals surface area contributed by atoms with E-state index in [1.165, 1.54) is 18.1 Å². The number of aryl methyl sites for hydroxylation is 1. The monoisotopic (exact) mass is 399 g/mol. The summed E-state index contributed by atoms with van der Waals surface area (Å²) in [6.45, 7) is 5.00. The largest absolute Gasteiger partial charge is 0.489 e. The van der Waals surface area contributed by atoms with Crippen LogP contribution in [0.4, 0.5) is 0 Å². The summed E-state index contributed by atoms with van der Waals surface area (Å²) in [7, 11) is 0. The molecule has 152 valence electrons. The quantitative estimate of drug-likeness (QED) is 0.378. The molecule has 0 saturated heterocycles. The van der Waals surface area contributed by atoms with Gasteiger partial charge in [0.15, 0.2) is 0 Å². The van der Waals surface area contributed by atoms with Crippen LogP contribution >= 0.6 is 0 Å². The molecular weight excluding hydrogens is 374 g/mol. The van der Waals surface area contributed by atoms with Crippen molar-refractivity contribution in [1.29, 1.82) is 0 Å². The summed E-state index contributed by atoms with van der Waals surface area (Å²) < 4.78 is 13.5. The first-order chi connectivity index (χ1) is 14.6. The maximum Gasteiger partial charge on any atom is 0.303 e. The minimum atomic E-state index is -0.283. The van der Waals surface area contributed by atoms with Crippen LogP contribution in [0.25, 0.3) is 10.9 Å². The molecule has 0 aliphatic carbocycles. The number of carbonyl (C=O) groups excluding carboxylic acids is 1. The molecule has 0 aliphatic heterocycles. The van der Waals surface area contributed by atoms with Crippen molar-refractivity contribution in [3.63, 3.8) is 0 Å². The summed E-state index contributed by atoms with van der Waals surface area (Å²) in [5.41, 5.74) is 5.61. The van der Waals surface area contributed by atoms with Crippen LogP contribution in [0.2, 0.25) is 0 Å². The minimum Gasteiger partial charge on any atom is -0.489 e. The molecule has 3 aromatic carbocycles. The fraction of sp³-hybridized carbons (Fsp3) is 0.192. The summed E-state index contributed by atoms with van der Waals surface area (Å²) in [4.78, 5) is 11.4. The molecule has 0 spiro atoms. The molecule has 4 aromatic rings. The Morgan fingerprint density at radius 2 is 1.63 bits per heavy atom. The van der Waals surface area contributed by atoms with Crippen molar-refractivity contribution >= 4 is 16.9 Å². The second-order valence-corrected chi connectivity index (χ2v) is 7.48. The molecule has 0 fully saturated rings. The van der Waals surface area contributed by atoms with Gasteiger partial charge in [-0.3, -0.25) is 4.79 Å². The molecule has 0 amide bonds. The fourth-order valence-corrected chi connectivity index (χ4v) is 3.49. The summed E-state index contributed by atoms with van der Waals surface area (Å²) in [5.74, 6) is 0.534. The number of carbonyl (C=O) groups is 1. The van der Waals surface area contributed by atoms with E-state index in [0.29, 0.717) is 13.2 Å². The lowest BCUT2D eigenvalue weighted by Crippen LogP contribution is -2.07. The van der Waals surface area contributed by atoms with Crippen LogP contribution in [0.5, 0.6) is 5.75 Å². The van der Waals surface area contributed by atoms with Crippen molar-refractivity contribution in [3.05, 3.63) is 101 Å². The Balaban J connectivity index is 1.62. The van der Waals surface area contributed by atoms with E-state index in [1.807, 2.05) is 42.5 Å². The Labute approximate surface area is 176 Å². The Hall–Kier alpha value is -3.53. The van der Waals surface area contributed by atoms with Crippen molar-refractivity contribution in [1.82, 2.24) is 4.57 Å². The minimum absolute atomic E-state index is 0.246. The highest BCUT2D eigenvalue weighted by molar-refractivity contribution is 5.83. The molecule has 0 N–H and O–H groups in total. The zero-order valence-electron chi connectivity index (χ0n) is 17.3. The van der Waals surface area contributed by atoms with Gasteiger partial charge in [0, 0.05) is 24.4 Å². The molecule has 0 unspecified atom stereocenters. The summed E-state index contributed by atoms with van der Waals surface area (Å²) in [6, 6.07) is 26.8. The van der Waals surface area contributed by atoms with Gasteiger partial charge in [-0.2, -0.15) is 0 Å². The number of hydrogen-bond donors (Lipinski definition) is 0. The number of ether oxygens (including phenoxy) is 2. The number of hydrogen-bond acceptors (Lipinski definition) is 3. The van der Waals surface area contributed by atoms with Crippen molar-refractivity contribution in [2.24, 2.45) is 0 Å². The third-order valence-corrected chi connectivity index (χ3v) is 5.09. The van der Waals surface area contributed by atoms with Gasteiger partial charge in [0.2, 0.25) is 0 Å². The smallest absolute Gasteiger partial charge is 0.303 e. The Morgan fingerprint density at radius 1 is 0.867 bits per heavy atom. The van der Waals surface area contributed by atoms with E-state index in [2.05, 4.69) is 47.9 Å². The molecule has 30 heavy (non-hydrogen) atoms. The van der Waals surface area contributed by atoms with Gasteiger partial charge in [-0.25, -0.2) is 0 Å². The van der Waals surface area contributed by atoms with Gasteiger partial charge in [-0.15, -0.1) is 0 Å². The number of nitrogens with zero attached hydrogens (tertiary/aromatic N) is 1. The highest BCUT2D eigenvalue weighted by Crippen LogP contribution is 2.27. The highest BCUT2D eigenvalue weighted by Gasteiger charge is 2.12. The van der Waals surface area contributed by atoms with Gasteiger partial charge in [-0.1, -0.05) is 60.2 Å². The number of benzene rings is 3. The van der Waals surface area contributed by atoms with Crippen LogP contribution in [0.15, 0.2) is 78.9 Å². The highest BCUT2D eigenvalue weighted by atomic mass is 16.5. The lowest BCUT2D eigenvalue weighted by Gasteiger charge is -2.12. The summed E-state index contributed by atoms with van der Waals surface area (Å²) >= 11 is 0. The number of esters is 1. The average Bonchev–Trinajstić information content (AvgIpc) is 3.09. The maximum absolute atomic E-state index is 11.4. The van der Waals surface area contributed by atoms with Gasteiger partial charge in [-0.05, 0) is 42.3 Å².